The van der Waals surface area contributed by atoms with Gasteiger partial charge in [-0.15, -0.1) is 4.28 Å². The van der Waals surface area contributed by atoms with E-state index in [4.69, 9.17) is 34.1 Å². The van der Waals surface area contributed by atoms with Gasteiger partial charge in [0.25, 0.3) is 0 Å². The van der Waals surface area contributed by atoms with Gasteiger partial charge in [0.05, 0.1) is 33.5 Å². The number of carbonyl (C=O) groups excluding carboxylic acids is 3. The fourth-order valence-electron chi connectivity index (χ4n) is 3.75. The Morgan fingerprint density at radius 3 is 2.16 bits per heavy atom. The van der Waals surface area contributed by atoms with Gasteiger partial charge in [0.1, 0.15) is 17.1 Å². The minimum atomic E-state index is -4.66. The Bertz CT molecular complexity index is 1060. The fraction of sp³-hybridized carbons (Fsp3) is 0.609. The molecule has 14 heteroatoms. The van der Waals surface area contributed by atoms with Crippen molar-refractivity contribution >= 4 is 28.3 Å². The van der Waals surface area contributed by atoms with E-state index in [1.807, 2.05) is 0 Å². The van der Waals surface area contributed by atoms with Crippen molar-refractivity contribution in [3.63, 3.8) is 0 Å². The molecule has 0 saturated heterocycles. The molecule has 1 aliphatic carbocycles. The van der Waals surface area contributed by atoms with Crippen LogP contribution in [0.2, 0.25) is 0 Å². The number of benzene rings is 1. The minimum Gasteiger partial charge on any atom is -0.496 e. The molecule has 1 aromatic carbocycles. The van der Waals surface area contributed by atoms with Crippen molar-refractivity contribution in [2.24, 2.45) is 28.7 Å². The zero-order chi connectivity index (χ0) is 28.0. The number of amides is 3. The number of urea groups is 1. The first-order chi connectivity index (χ1) is 17.2. The zero-order valence-corrected chi connectivity index (χ0v) is 22.4. The molecule has 0 aliphatic heterocycles. The lowest BCUT2D eigenvalue weighted by atomic mass is 9.71. The molecule has 1 atom stereocenters. The first-order valence-corrected chi connectivity index (χ1v) is 12.9. The molecule has 0 radical (unpaired) electrons. The van der Waals surface area contributed by atoms with E-state index in [1.54, 1.807) is 39.0 Å². The van der Waals surface area contributed by atoms with Crippen molar-refractivity contribution in [1.82, 2.24) is 5.06 Å². The van der Waals surface area contributed by atoms with Crippen LogP contribution in [0.1, 0.15) is 50.4 Å². The summed E-state index contributed by atoms with van der Waals surface area (Å²) in [6, 6.07) is 3.01. The maximum absolute atomic E-state index is 12.6. The maximum Gasteiger partial charge on any atom is 0.421 e. The summed E-state index contributed by atoms with van der Waals surface area (Å²) in [4.78, 5) is 35.7. The number of methoxy groups -OCH3 is 2. The first kappa shape index (κ1) is 30.1. The number of hydrogen-bond donors (Lipinski definition) is 2. The fourth-order valence-corrected chi connectivity index (χ4v) is 4.67. The molecule has 0 heterocycles. The van der Waals surface area contributed by atoms with Gasteiger partial charge in [-0.25, -0.2) is 13.8 Å². The van der Waals surface area contributed by atoms with Gasteiger partial charge in [0.2, 0.25) is 5.91 Å². The highest BCUT2D eigenvalue weighted by molar-refractivity contribution is 7.81. The molecule has 1 saturated carbocycles. The van der Waals surface area contributed by atoms with Crippen LogP contribution in [-0.4, -0.2) is 64.9 Å². The Labute approximate surface area is 216 Å². The van der Waals surface area contributed by atoms with E-state index in [0.29, 0.717) is 17.9 Å². The molecule has 37 heavy (non-hydrogen) atoms. The van der Waals surface area contributed by atoms with E-state index in [2.05, 4.69) is 0 Å². The summed E-state index contributed by atoms with van der Waals surface area (Å²) < 4.78 is 50.4. The first-order valence-electron chi connectivity index (χ1n) is 11.6. The van der Waals surface area contributed by atoms with E-state index in [1.165, 1.54) is 14.2 Å². The predicted molar refractivity (Wildman–Crippen MR) is 130 cm³/mol. The van der Waals surface area contributed by atoms with Crippen LogP contribution < -0.4 is 20.9 Å². The third kappa shape index (κ3) is 8.20. The van der Waals surface area contributed by atoms with Crippen LogP contribution in [0.5, 0.6) is 11.5 Å². The molecule has 0 unspecified atom stereocenters. The van der Waals surface area contributed by atoms with Crippen molar-refractivity contribution in [3.8, 4) is 11.5 Å². The molecule has 208 valence electrons. The van der Waals surface area contributed by atoms with E-state index >= 15 is 0 Å². The van der Waals surface area contributed by atoms with Crippen LogP contribution in [0.25, 0.3) is 0 Å². The van der Waals surface area contributed by atoms with Crippen LogP contribution in [0.3, 0.4) is 0 Å². The molecule has 1 fully saturated rings. The molecule has 3 amide bonds. The summed E-state index contributed by atoms with van der Waals surface area (Å²) in [6.45, 7) is 4.57. The Morgan fingerprint density at radius 2 is 1.68 bits per heavy atom. The van der Waals surface area contributed by atoms with E-state index in [9.17, 15) is 22.8 Å². The lowest BCUT2D eigenvalue weighted by Crippen LogP contribution is -2.51. The van der Waals surface area contributed by atoms with Crippen LogP contribution in [-0.2, 0) is 28.4 Å². The lowest BCUT2D eigenvalue weighted by molar-refractivity contribution is -0.130. The summed E-state index contributed by atoms with van der Waals surface area (Å²) in [7, 11) is -1.83. The zero-order valence-electron chi connectivity index (χ0n) is 21.6. The quantitative estimate of drug-likeness (QED) is 0.257. The number of carbonyl (C=O) groups is 3. The highest BCUT2D eigenvalue weighted by Gasteiger charge is 2.41. The summed E-state index contributed by atoms with van der Waals surface area (Å²) >= 11 is 0. The molecule has 0 spiro atoms. The molecular formula is C23H35N3O10S. The monoisotopic (exact) mass is 545 g/mol. The predicted octanol–water partition coefficient (Wildman–Crippen LogP) is 1.75. The Balaban J connectivity index is 1.90. The molecule has 2 rings (SSSR count). The number of ether oxygens (including phenoxy) is 3. The van der Waals surface area contributed by atoms with Crippen LogP contribution in [0.4, 0.5) is 4.79 Å². The van der Waals surface area contributed by atoms with Gasteiger partial charge in [-0.05, 0) is 49.7 Å². The topological polar surface area (TPSA) is 187 Å². The van der Waals surface area contributed by atoms with Gasteiger partial charge in [0.15, 0.2) is 0 Å². The SMILES string of the molecule is COc1cccc(OC)c1C(=O)OCCC(C)(C)COS(=O)(=O)ON(C(N)=O)[C@@H](C)[C@H]1C[C@H](C(N)=O)C1. The largest absolute Gasteiger partial charge is 0.496 e. The second kappa shape index (κ2) is 12.4. The molecule has 4 N–H and O–H groups in total. The summed E-state index contributed by atoms with van der Waals surface area (Å²) in [5.74, 6) is -1.10. The van der Waals surface area contributed by atoms with E-state index in [0.717, 1.165) is 0 Å². The Hall–Kier alpha value is -3.10. The van der Waals surface area contributed by atoms with Gasteiger partial charge in [0, 0.05) is 5.92 Å². The van der Waals surface area contributed by atoms with Crippen LogP contribution >= 0.6 is 0 Å². The van der Waals surface area contributed by atoms with Gasteiger partial charge in [-0.2, -0.15) is 13.5 Å². The molecule has 0 aromatic heterocycles. The van der Waals surface area contributed by atoms with Gasteiger partial charge in [-0.3, -0.25) is 4.79 Å². The Kier molecular flexibility index (Phi) is 10.1. The highest BCUT2D eigenvalue weighted by Crippen LogP contribution is 2.38. The molecule has 0 bridgehead atoms. The molecular weight excluding hydrogens is 510 g/mol. The smallest absolute Gasteiger partial charge is 0.421 e. The van der Waals surface area contributed by atoms with Crippen molar-refractivity contribution in [1.29, 1.82) is 0 Å². The van der Waals surface area contributed by atoms with Crippen molar-refractivity contribution < 1.29 is 45.5 Å². The standard InChI is InChI=1S/C23H35N3O10S/c1-14(15-11-16(12-15)20(24)27)26(22(25)29)36-37(30,31)35-13-23(2,3)9-10-34-21(28)19-17(32-4)7-6-8-18(19)33-5/h6-8,14-16H,9-13H2,1-5H3,(H2,24,27)(H2,25,29)/t14-,15-,16-/m0/s1. The average Bonchev–Trinajstić information content (AvgIpc) is 2.79. The highest BCUT2D eigenvalue weighted by atomic mass is 32.3. The number of esters is 1. The van der Waals surface area contributed by atoms with Crippen LogP contribution in [0, 0.1) is 17.3 Å². The number of hydroxylamine groups is 2. The maximum atomic E-state index is 12.6. The average molecular weight is 546 g/mol. The third-order valence-electron chi connectivity index (χ3n) is 6.26. The normalized spacial score (nSPS) is 18.3. The minimum absolute atomic E-state index is 0.0511. The van der Waals surface area contributed by atoms with Gasteiger partial charge >= 0.3 is 22.4 Å². The molecule has 1 aromatic rings. The van der Waals surface area contributed by atoms with Crippen molar-refractivity contribution in [2.75, 3.05) is 27.4 Å². The van der Waals surface area contributed by atoms with Gasteiger partial charge in [-0.1, -0.05) is 19.9 Å². The number of nitrogens with two attached hydrogens (primary N) is 2. The number of hydrogen-bond acceptors (Lipinski definition) is 10. The summed E-state index contributed by atoms with van der Waals surface area (Å²) in [5.41, 5.74) is 9.92. The summed E-state index contributed by atoms with van der Waals surface area (Å²) in [6.07, 6.45) is 1.01. The molecule has 1 aliphatic rings. The second-order valence-corrected chi connectivity index (χ2v) is 10.8. The summed E-state index contributed by atoms with van der Waals surface area (Å²) in [5, 5.41) is 0.520. The van der Waals surface area contributed by atoms with Crippen molar-refractivity contribution in [3.05, 3.63) is 23.8 Å². The van der Waals surface area contributed by atoms with Crippen molar-refractivity contribution in [2.45, 2.75) is 46.1 Å². The Morgan fingerprint density at radius 1 is 1.11 bits per heavy atom. The van der Waals surface area contributed by atoms with E-state index < -0.39 is 39.8 Å². The number of nitrogens with zero attached hydrogens (tertiary/aromatic N) is 1. The van der Waals surface area contributed by atoms with Gasteiger partial charge < -0.3 is 25.7 Å². The second-order valence-electron chi connectivity index (χ2n) is 9.57. The van der Waals surface area contributed by atoms with E-state index in [-0.39, 0.29) is 48.5 Å². The number of primary amides is 2. The molecule has 13 nitrogen and oxygen atoms in total. The lowest BCUT2D eigenvalue weighted by Gasteiger charge is -2.40. The van der Waals surface area contributed by atoms with Crippen LogP contribution in [0.15, 0.2) is 18.2 Å². The number of rotatable bonds is 14. The third-order valence-corrected chi connectivity index (χ3v) is 7.01.